The maximum atomic E-state index is 12.6. The number of para-hydroxylation sites is 1. The van der Waals surface area contributed by atoms with E-state index in [-0.39, 0.29) is 35.8 Å². The normalized spacial score (nSPS) is 15.8. The molecule has 1 aromatic rings. The van der Waals surface area contributed by atoms with Crippen molar-refractivity contribution < 1.29 is 9.59 Å². The first-order chi connectivity index (χ1) is 11.4. The number of benzene rings is 1. The number of hydrogen-bond donors (Lipinski definition) is 4. The van der Waals surface area contributed by atoms with Gasteiger partial charge in [-0.3, -0.25) is 4.79 Å². The van der Waals surface area contributed by atoms with Crippen LogP contribution in [0.4, 0.5) is 10.5 Å². The van der Waals surface area contributed by atoms with Crippen molar-refractivity contribution in [3.05, 3.63) is 29.8 Å². The second kappa shape index (κ2) is 9.63. The first-order valence-corrected chi connectivity index (χ1v) is 8.55. The Kier molecular flexibility index (Phi) is 8.19. The summed E-state index contributed by atoms with van der Waals surface area (Å²) in [5.74, 6) is -0.157. The minimum absolute atomic E-state index is 0. The molecular weight excluding hydrogens is 340 g/mol. The summed E-state index contributed by atoms with van der Waals surface area (Å²) in [6.45, 7) is 8.59. The molecule has 0 spiro atoms. The lowest BCUT2D eigenvalue weighted by Crippen LogP contribution is -2.43. The zero-order valence-electron chi connectivity index (χ0n) is 15.1. The molecule has 2 rings (SSSR count). The number of halogens is 1. The maximum Gasteiger partial charge on any atom is 0.319 e. The van der Waals surface area contributed by atoms with E-state index in [4.69, 9.17) is 0 Å². The number of carbonyl (C=O) groups is 2. The fourth-order valence-electron chi connectivity index (χ4n) is 2.81. The fourth-order valence-corrected chi connectivity index (χ4v) is 2.81. The molecule has 0 aromatic heterocycles. The van der Waals surface area contributed by atoms with Crippen LogP contribution in [0.1, 0.15) is 44.0 Å². The topological polar surface area (TPSA) is 82.3 Å². The van der Waals surface area contributed by atoms with Gasteiger partial charge in [-0.2, -0.15) is 0 Å². The van der Waals surface area contributed by atoms with E-state index in [9.17, 15) is 9.59 Å². The molecule has 0 saturated carbocycles. The lowest BCUT2D eigenvalue weighted by Gasteiger charge is -2.34. The largest absolute Gasteiger partial charge is 0.351 e. The minimum Gasteiger partial charge on any atom is -0.351 e. The predicted octanol–water partition coefficient (Wildman–Crippen LogP) is 2.76. The van der Waals surface area contributed by atoms with Crippen LogP contribution < -0.4 is 21.3 Å². The summed E-state index contributed by atoms with van der Waals surface area (Å²) in [5.41, 5.74) is 1.12. The van der Waals surface area contributed by atoms with Crippen molar-refractivity contribution in [2.75, 3.05) is 25.0 Å². The van der Waals surface area contributed by atoms with Gasteiger partial charge in [0.2, 0.25) is 0 Å². The molecule has 6 nitrogen and oxygen atoms in total. The molecule has 0 aliphatic carbocycles. The molecule has 25 heavy (non-hydrogen) atoms. The van der Waals surface area contributed by atoms with Crippen molar-refractivity contribution in [2.45, 2.75) is 39.7 Å². The first-order valence-electron chi connectivity index (χ1n) is 8.55. The Morgan fingerprint density at radius 1 is 1.20 bits per heavy atom. The molecule has 140 valence electrons. The zero-order valence-corrected chi connectivity index (χ0v) is 16.0. The standard InChI is InChI=1S/C18H28N4O2.ClH/c1-13(2)21-17(24)22-15-7-5-4-6-14(15)16(23)20-12-18(3)8-10-19-11-9-18;/h4-7,13,19H,8-12H2,1-3H3,(H,20,23)(H2,21,22,24);1H. The van der Waals surface area contributed by atoms with Crippen molar-refractivity contribution in [2.24, 2.45) is 5.41 Å². The van der Waals surface area contributed by atoms with Crippen molar-refractivity contribution in [1.29, 1.82) is 0 Å². The average Bonchev–Trinajstić information content (AvgIpc) is 2.53. The van der Waals surface area contributed by atoms with Crippen LogP contribution in [0.25, 0.3) is 0 Å². The van der Waals surface area contributed by atoms with E-state index in [0.29, 0.717) is 17.8 Å². The number of rotatable bonds is 5. The van der Waals surface area contributed by atoms with E-state index in [1.807, 2.05) is 13.8 Å². The third-order valence-corrected chi connectivity index (χ3v) is 4.33. The number of piperidine rings is 1. The summed E-state index contributed by atoms with van der Waals surface area (Å²) in [4.78, 5) is 24.4. The fraction of sp³-hybridized carbons (Fsp3) is 0.556. The third kappa shape index (κ3) is 6.55. The predicted molar refractivity (Wildman–Crippen MR) is 104 cm³/mol. The molecule has 1 aliphatic heterocycles. The smallest absolute Gasteiger partial charge is 0.319 e. The third-order valence-electron chi connectivity index (χ3n) is 4.33. The van der Waals surface area contributed by atoms with Gasteiger partial charge in [0, 0.05) is 12.6 Å². The summed E-state index contributed by atoms with van der Waals surface area (Å²) >= 11 is 0. The number of amides is 3. The van der Waals surface area contributed by atoms with Gasteiger partial charge in [-0.15, -0.1) is 12.4 Å². The van der Waals surface area contributed by atoms with Crippen LogP contribution in [-0.4, -0.2) is 37.6 Å². The summed E-state index contributed by atoms with van der Waals surface area (Å²) in [5, 5.41) is 11.9. The molecule has 1 saturated heterocycles. The number of nitrogens with one attached hydrogen (secondary N) is 4. The lowest BCUT2D eigenvalue weighted by molar-refractivity contribution is 0.0923. The molecule has 4 N–H and O–H groups in total. The van der Waals surface area contributed by atoms with Crippen LogP contribution in [0.2, 0.25) is 0 Å². The number of urea groups is 1. The van der Waals surface area contributed by atoms with Crippen molar-refractivity contribution in [3.63, 3.8) is 0 Å². The Hall–Kier alpha value is -1.79. The number of anilines is 1. The van der Waals surface area contributed by atoms with Gasteiger partial charge < -0.3 is 21.3 Å². The van der Waals surface area contributed by atoms with Crippen molar-refractivity contribution in [1.82, 2.24) is 16.0 Å². The molecule has 0 unspecified atom stereocenters. The molecule has 1 heterocycles. The minimum atomic E-state index is -0.310. The Morgan fingerprint density at radius 3 is 2.48 bits per heavy atom. The quantitative estimate of drug-likeness (QED) is 0.645. The molecule has 1 aliphatic rings. The zero-order chi connectivity index (χ0) is 17.6. The van der Waals surface area contributed by atoms with Crippen LogP contribution in [0, 0.1) is 5.41 Å². The van der Waals surface area contributed by atoms with E-state index < -0.39 is 0 Å². The highest BCUT2D eigenvalue weighted by Crippen LogP contribution is 2.27. The van der Waals surface area contributed by atoms with Crippen LogP contribution in [-0.2, 0) is 0 Å². The van der Waals surface area contributed by atoms with E-state index >= 15 is 0 Å². The van der Waals surface area contributed by atoms with Crippen LogP contribution in [0.5, 0.6) is 0 Å². The number of hydrogen-bond acceptors (Lipinski definition) is 3. The SMILES string of the molecule is CC(C)NC(=O)Nc1ccccc1C(=O)NCC1(C)CCNCC1.Cl. The average molecular weight is 369 g/mol. The van der Waals surface area contributed by atoms with Crippen LogP contribution >= 0.6 is 12.4 Å². The van der Waals surface area contributed by atoms with E-state index in [1.165, 1.54) is 0 Å². The van der Waals surface area contributed by atoms with Crippen LogP contribution in [0.15, 0.2) is 24.3 Å². The Labute approximate surface area is 155 Å². The Balaban J connectivity index is 0.00000312. The highest BCUT2D eigenvalue weighted by molar-refractivity contribution is 6.03. The van der Waals surface area contributed by atoms with Gasteiger partial charge in [0.25, 0.3) is 5.91 Å². The summed E-state index contributed by atoms with van der Waals surface area (Å²) < 4.78 is 0. The molecule has 3 amide bonds. The molecule has 0 atom stereocenters. The van der Waals surface area contributed by atoms with E-state index in [0.717, 1.165) is 25.9 Å². The summed E-state index contributed by atoms with van der Waals surface area (Å²) in [6, 6.07) is 6.79. The van der Waals surface area contributed by atoms with Gasteiger partial charge >= 0.3 is 6.03 Å². The molecule has 1 aromatic carbocycles. The number of carbonyl (C=O) groups excluding carboxylic acids is 2. The van der Waals surface area contributed by atoms with Gasteiger partial charge in [-0.25, -0.2) is 4.79 Å². The molecule has 1 fully saturated rings. The molecule has 7 heteroatoms. The second-order valence-electron chi connectivity index (χ2n) is 7.04. The summed E-state index contributed by atoms with van der Waals surface area (Å²) in [7, 11) is 0. The molecular formula is C18H29ClN4O2. The first kappa shape index (κ1) is 21.3. The lowest BCUT2D eigenvalue weighted by atomic mass is 9.81. The van der Waals surface area contributed by atoms with Crippen molar-refractivity contribution in [3.8, 4) is 0 Å². The highest BCUT2D eigenvalue weighted by Gasteiger charge is 2.27. The van der Waals surface area contributed by atoms with Crippen LogP contribution in [0.3, 0.4) is 0 Å². The highest BCUT2D eigenvalue weighted by atomic mass is 35.5. The van der Waals surface area contributed by atoms with Gasteiger partial charge in [0.15, 0.2) is 0 Å². The molecule has 0 radical (unpaired) electrons. The van der Waals surface area contributed by atoms with E-state index in [1.54, 1.807) is 24.3 Å². The second-order valence-corrected chi connectivity index (χ2v) is 7.04. The van der Waals surface area contributed by atoms with Gasteiger partial charge in [-0.1, -0.05) is 19.1 Å². The van der Waals surface area contributed by atoms with E-state index in [2.05, 4.69) is 28.2 Å². The van der Waals surface area contributed by atoms with Gasteiger partial charge in [0.1, 0.15) is 0 Å². The maximum absolute atomic E-state index is 12.6. The molecule has 0 bridgehead atoms. The Bertz CT molecular complexity index is 586. The van der Waals surface area contributed by atoms with Gasteiger partial charge in [0.05, 0.1) is 11.3 Å². The Morgan fingerprint density at radius 2 is 1.84 bits per heavy atom. The van der Waals surface area contributed by atoms with Crippen molar-refractivity contribution >= 4 is 30.0 Å². The van der Waals surface area contributed by atoms with Gasteiger partial charge in [-0.05, 0) is 57.3 Å². The summed E-state index contributed by atoms with van der Waals surface area (Å²) in [6.07, 6.45) is 2.09. The monoisotopic (exact) mass is 368 g/mol.